The minimum Gasteiger partial charge on any atom is -0.483 e. The van der Waals surface area contributed by atoms with Crippen LogP contribution in [0.2, 0.25) is 0 Å². The van der Waals surface area contributed by atoms with Gasteiger partial charge in [-0.25, -0.2) is 13.9 Å². The number of halogens is 1. The van der Waals surface area contributed by atoms with E-state index in [-0.39, 0.29) is 29.6 Å². The maximum Gasteiger partial charge on any atom is 0.363 e. The van der Waals surface area contributed by atoms with E-state index in [2.05, 4.69) is 14.9 Å². The van der Waals surface area contributed by atoms with Gasteiger partial charge in [0.2, 0.25) is 13.0 Å². The summed E-state index contributed by atoms with van der Waals surface area (Å²) in [7, 11) is -3.22. The van der Waals surface area contributed by atoms with Crippen LogP contribution in [0.15, 0.2) is 120 Å². The van der Waals surface area contributed by atoms with E-state index in [1.807, 2.05) is 42.5 Å². The second-order valence-corrected chi connectivity index (χ2v) is 13.0. The highest BCUT2D eigenvalue weighted by Gasteiger charge is 2.29. The molecular weight excluding hydrogens is 594 g/mol. The Morgan fingerprint density at radius 2 is 1.42 bits per heavy atom. The number of aromatic nitrogens is 2. The molecule has 5 aromatic rings. The largest absolute Gasteiger partial charge is 0.483 e. The van der Waals surface area contributed by atoms with Crippen LogP contribution in [0.5, 0.6) is 5.75 Å². The van der Waals surface area contributed by atoms with E-state index in [0.29, 0.717) is 10.6 Å². The molecule has 0 saturated carbocycles. The van der Waals surface area contributed by atoms with Gasteiger partial charge >= 0.3 is 5.97 Å². The molecule has 0 saturated heterocycles. The van der Waals surface area contributed by atoms with Crippen LogP contribution in [0, 0.1) is 5.82 Å². The van der Waals surface area contributed by atoms with Gasteiger partial charge in [0.15, 0.2) is 11.6 Å². The molecule has 0 amide bonds. The predicted molar refractivity (Wildman–Crippen MR) is 173 cm³/mol. The van der Waals surface area contributed by atoms with Crippen molar-refractivity contribution in [1.82, 2.24) is 9.78 Å². The highest BCUT2D eigenvalue weighted by atomic mass is 31.2. The minimum atomic E-state index is -3.22. The van der Waals surface area contributed by atoms with Crippen molar-refractivity contribution in [3.05, 3.63) is 143 Å². The average Bonchev–Trinajstić information content (AvgIpc) is 3.37. The number of nitrogens with two attached hydrogens (primary N) is 1. The number of carbonyl (C=O) groups excluding carboxylic acids is 1. The first-order chi connectivity index (χ1) is 21.5. The van der Waals surface area contributed by atoms with Crippen molar-refractivity contribution in [2.75, 3.05) is 5.73 Å². The van der Waals surface area contributed by atoms with Crippen molar-refractivity contribution in [3.8, 4) is 11.4 Å². The number of esters is 1. The number of carbonyl (C=O) groups is 1. The molecule has 1 aromatic heterocycles. The monoisotopic (exact) mass is 626 g/mol. The highest BCUT2D eigenvalue weighted by molar-refractivity contribution is 7.77. The molecule has 45 heavy (non-hydrogen) atoms. The SMILES string of the molecule is CC(C)(C)OC(=O)c1nn(-c2ccccc2F)c(N)c1OCc1ccccc1.[N-]=[N+]=NP(=O)(c1ccccc1)c1ccccc1. The van der Waals surface area contributed by atoms with Crippen LogP contribution >= 0.6 is 7.29 Å². The number of azide groups is 1. The Morgan fingerprint density at radius 1 is 0.911 bits per heavy atom. The Kier molecular flexibility index (Phi) is 10.4. The number of rotatable bonds is 8. The molecule has 0 spiro atoms. The van der Waals surface area contributed by atoms with E-state index in [9.17, 15) is 13.8 Å². The van der Waals surface area contributed by atoms with Gasteiger partial charge in [-0.05, 0) is 48.9 Å². The molecule has 4 aromatic carbocycles. The summed E-state index contributed by atoms with van der Waals surface area (Å²) < 4.78 is 39.4. The molecule has 2 N–H and O–H groups in total. The number of ether oxygens (including phenoxy) is 2. The molecule has 0 atom stereocenters. The summed E-state index contributed by atoms with van der Waals surface area (Å²) in [4.78, 5) is 18.9. The van der Waals surface area contributed by atoms with Crippen LogP contribution in [0.3, 0.4) is 0 Å². The van der Waals surface area contributed by atoms with E-state index >= 15 is 0 Å². The van der Waals surface area contributed by atoms with Gasteiger partial charge in [-0.3, -0.25) is 0 Å². The summed E-state index contributed by atoms with van der Waals surface area (Å²) in [5.74, 6) is -1.15. The van der Waals surface area contributed by atoms with Crippen LogP contribution < -0.4 is 21.1 Å². The zero-order chi connectivity index (χ0) is 32.5. The Hall–Kier alpha value is -5.37. The smallest absolute Gasteiger partial charge is 0.363 e. The lowest BCUT2D eigenvalue weighted by atomic mass is 10.2. The van der Waals surface area contributed by atoms with E-state index in [1.165, 1.54) is 12.1 Å². The lowest BCUT2D eigenvalue weighted by Gasteiger charge is -2.19. The van der Waals surface area contributed by atoms with Gasteiger partial charge in [0.25, 0.3) is 0 Å². The second-order valence-electron chi connectivity index (χ2n) is 10.6. The van der Waals surface area contributed by atoms with E-state index in [4.69, 9.17) is 20.7 Å². The van der Waals surface area contributed by atoms with Crippen LogP contribution in [-0.4, -0.2) is 21.4 Å². The van der Waals surface area contributed by atoms with Gasteiger partial charge in [-0.15, -0.1) is 0 Å². The third-order valence-electron chi connectivity index (χ3n) is 6.15. The predicted octanol–water partition coefficient (Wildman–Crippen LogP) is 7.35. The molecule has 0 fully saturated rings. The van der Waals surface area contributed by atoms with Gasteiger partial charge < -0.3 is 19.8 Å². The zero-order valence-corrected chi connectivity index (χ0v) is 25.8. The molecule has 0 unspecified atom stereocenters. The molecule has 5 rings (SSSR count). The van der Waals surface area contributed by atoms with Gasteiger partial charge in [0.05, 0.1) is 0 Å². The zero-order valence-electron chi connectivity index (χ0n) is 24.9. The molecule has 12 heteroatoms. The third-order valence-corrected chi connectivity index (χ3v) is 8.48. The average molecular weight is 627 g/mol. The quantitative estimate of drug-likeness (QED) is 0.0626. The van der Waals surface area contributed by atoms with Crippen molar-refractivity contribution >= 4 is 29.7 Å². The topological polar surface area (TPSA) is 145 Å². The Morgan fingerprint density at radius 3 is 1.93 bits per heavy atom. The standard InChI is InChI=1S/C21H22FN3O3.C12H10N3OP/c1-21(2,3)28-20(26)17-18(27-13-14-9-5-4-6-10-14)19(23)25(24-17)16-12-8-7-11-15(16)22;13-14-15-17(16,11-7-3-1-4-8-11)12-9-5-2-6-10-12/h4-12H,13,23H2,1-3H3;1-10H. The summed E-state index contributed by atoms with van der Waals surface area (Å²) in [6, 6.07) is 33.0. The molecule has 0 aliphatic rings. The van der Waals surface area contributed by atoms with Crippen LogP contribution in [-0.2, 0) is 15.9 Å². The number of para-hydroxylation sites is 1. The third kappa shape index (κ3) is 8.17. The summed E-state index contributed by atoms with van der Waals surface area (Å²) in [5.41, 5.74) is 14.9. The molecule has 230 valence electrons. The van der Waals surface area contributed by atoms with Gasteiger partial charge in [-0.2, -0.15) is 5.10 Å². The molecule has 0 aliphatic carbocycles. The molecule has 10 nitrogen and oxygen atoms in total. The maximum atomic E-state index is 14.2. The van der Waals surface area contributed by atoms with Crippen molar-refractivity contribution in [3.63, 3.8) is 0 Å². The summed E-state index contributed by atoms with van der Waals surface area (Å²) in [5, 5.41) is 5.28. The molecule has 0 bridgehead atoms. The number of anilines is 1. The highest BCUT2D eigenvalue weighted by Crippen LogP contribution is 2.44. The van der Waals surface area contributed by atoms with Gasteiger partial charge in [-0.1, -0.05) is 103 Å². The Balaban J connectivity index is 0.000000231. The van der Waals surface area contributed by atoms with Crippen molar-refractivity contribution in [2.45, 2.75) is 33.0 Å². The fourth-order valence-corrected chi connectivity index (χ4v) is 5.89. The molecule has 1 heterocycles. The first-order valence-electron chi connectivity index (χ1n) is 13.8. The van der Waals surface area contributed by atoms with E-state index in [0.717, 1.165) is 10.2 Å². The lowest BCUT2D eigenvalue weighted by molar-refractivity contribution is 0.00583. The summed E-state index contributed by atoms with van der Waals surface area (Å²) in [6.45, 7) is 5.40. The lowest BCUT2D eigenvalue weighted by Crippen LogP contribution is -2.24. The van der Waals surface area contributed by atoms with Gasteiger partial charge in [0.1, 0.15) is 23.7 Å². The first-order valence-corrected chi connectivity index (χ1v) is 15.5. The number of benzene rings is 4. The minimum absolute atomic E-state index is 0.0156. The van der Waals surface area contributed by atoms with Crippen molar-refractivity contribution in [2.24, 2.45) is 4.88 Å². The van der Waals surface area contributed by atoms with Crippen molar-refractivity contribution < 1.29 is 23.2 Å². The van der Waals surface area contributed by atoms with Crippen LogP contribution in [0.25, 0.3) is 16.1 Å². The molecular formula is C33H32FN6O4P. The number of hydrogen-bond donors (Lipinski definition) is 1. The fraction of sp³-hybridized carbons (Fsp3) is 0.152. The molecule has 0 aliphatic heterocycles. The normalized spacial score (nSPS) is 11.0. The summed E-state index contributed by atoms with van der Waals surface area (Å²) in [6.07, 6.45) is 0. The van der Waals surface area contributed by atoms with Crippen molar-refractivity contribution in [1.29, 1.82) is 0 Å². The summed E-state index contributed by atoms with van der Waals surface area (Å²) >= 11 is 0. The fourth-order valence-electron chi connectivity index (χ4n) is 4.12. The molecule has 0 radical (unpaired) electrons. The number of nitrogens with zero attached hydrogens (tertiary/aromatic N) is 5. The van der Waals surface area contributed by atoms with E-state index in [1.54, 1.807) is 81.4 Å². The Labute approximate surface area is 260 Å². The van der Waals surface area contributed by atoms with Gasteiger partial charge in [0, 0.05) is 15.5 Å². The maximum absolute atomic E-state index is 14.2. The number of nitrogen functional groups attached to an aromatic ring is 1. The van der Waals surface area contributed by atoms with E-state index < -0.39 is 24.7 Å². The van der Waals surface area contributed by atoms with Crippen LogP contribution in [0.1, 0.15) is 36.8 Å². The second kappa shape index (κ2) is 14.4. The first kappa shape index (κ1) is 32.5. The van der Waals surface area contributed by atoms with Crippen LogP contribution in [0.4, 0.5) is 10.2 Å². The Bertz CT molecular complexity index is 1790. The number of hydrogen-bond acceptors (Lipinski definition) is 6.